The van der Waals surface area contributed by atoms with Crippen molar-refractivity contribution in [3.63, 3.8) is 0 Å². The number of hydrogen-bond acceptors (Lipinski definition) is 5. The summed E-state index contributed by atoms with van der Waals surface area (Å²) in [5, 5.41) is 4.93. The molecule has 0 bridgehead atoms. The van der Waals surface area contributed by atoms with E-state index in [1.807, 2.05) is 130 Å². The number of fused-ring (bicyclic) bond motifs is 5. The van der Waals surface area contributed by atoms with Crippen molar-refractivity contribution in [2.45, 2.75) is 83.1 Å². The minimum Gasteiger partial charge on any atom is -0.248 e. The lowest BCUT2D eigenvalue weighted by molar-refractivity contribution is 0.638. The van der Waals surface area contributed by atoms with Gasteiger partial charge in [0.2, 0.25) is 0 Å². The highest BCUT2D eigenvalue weighted by Crippen LogP contribution is 2.31. The summed E-state index contributed by atoms with van der Waals surface area (Å²) in [5.41, 5.74) is 29.0. The third-order valence-electron chi connectivity index (χ3n) is 16.7. The molecule has 0 amide bonds. The molecule has 15 rings (SSSR count). The molecule has 15 aromatic rings. The number of halogens is 2. The summed E-state index contributed by atoms with van der Waals surface area (Å²) in [6.07, 6.45) is 0. The monoisotopic (exact) mass is 1230 g/mol. The fourth-order valence-corrected chi connectivity index (χ4v) is 12.3. The number of rotatable bonds is 5. The second kappa shape index (κ2) is 28.7. The van der Waals surface area contributed by atoms with Gasteiger partial charge in [0.15, 0.2) is 0 Å². The van der Waals surface area contributed by atoms with Crippen molar-refractivity contribution < 1.29 is 8.78 Å². The van der Waals surface area contributed by atoms with Crippen LogP contribution in [0.1, 0.15) is 66.8 Å². The second-order valence-corrected chi connectivity index (χ2v) is 24.8. The zero-order valence-corrected chi connectivity index (χ0v) is 55.7. The van der Waals surface area contributed by atoms with E-state index in [9.17, 15) is 8.78 Å². The fraction of sp³-hybridized carbons (Fsp3) is 0.138. The van der Waals surface area contributed by atoms with Gasteiger partial charge in [0.1, 0.15) is 11.6 Å². The van der Waals surface area contributed by atoms with Crippen LogP contribution in [-0.2, 0) is 0 Å². The highest BCUT2D eigenvalue weighted by molar-refractivity contribution is 5.89. The van der Waals surface area contributed by atoms with Gasteiger partial charge in [-0.3, -0.25) is 0 Å². The number of nitrogens with zero attached hydrogens (tertiary/aromatic N) is 5. The predicted octanol–water partition coefficient (Wildman–Crippen LogP) is 23.5. The summed E-state index contributed by atoms with van der Waals surface area (Å²) < 4.78 is 28.4. The molecule has 0 aliphatic heterocycles. The van der Waals surface area contributed by atoms with Gasteiger partial charge in [0.25, 0.3) is 0 Å². The van der Waals surface area contributed by atoms with Gasteiger partial charge in [-0.25, -0.2) is 33.7 Å². The number of aromatic nitrogens is 5. The largest absolute Gasteiger partial charge is 0.248 e. The quantitative estimate of drug-likeness (QED) is 0.172. The zero-order chi connectivity index (χ0) is 66.2. The van der Waals surface area contributed by atoms with Crippen LogP contribution >= 0.6 is 0 Å². The zero-order valence-electron chi connectivity index (χ0n) is 55.7. The molecule has 5 aromatic heterocycles. The normalized spacial score (nSPS) is 10.9. The SMILES string of the molecule is Cc1cc(C)c2ccc(-c3ccccc3)nc2c1.Cc1cc(C)cc(-c2ccc3c(C)cc(C)cc3n2)c1.Cc1cccc(-c2cc(F)c3c(C)cccc3n2)c1.Cc1cccc(-c2ccc3c(C)cc(C)cc3n2)c1.Cc1cccc2nc(-c3ccccc3)cc(F)c12. The van der Waals surface area contributed by atoms with Crippen molar-refractivity contribution in [2.75, 3.05) is 0 Å². The Bertz CT molecular complexity index is 5230. The lowest BCUT2D eigenvalue weighted by Gasteiger charge is -2.08. The number of benzene rings is 10. The molecule has 0 aliphatic rings. The average Bonchev–Trinajstić information content (AvgIpc) is 0.835. The van der Waals surface area contributed by atoms with Crippen LogP contribution in [0.15, 0.2) is 249 Å². The van der Waals surface area contributed by atoms with Gasteiger partial charge in [0.05, 0.1) is 56.1 Å². The Labute approximate surface area is 551 Å². The Balaban J connectivity index is 0.000000120. The standard InChI is InChI=1S/C19H19N.C18H17N.C17H14FN.C17H15N.C16H12FN/c1-12-7-13(2)10-16(9-12)18-6-5-17-15(4)8-14(3)11-19(17)20-18;1-12-5-4-6-15(10-12)17-8-7-16-14(3)9-13(2)11-18(16)19-17;1-11-5-3-7-13(9-11)16-10-14(18)17-12(2)6-4-8-15(17)19-16;1-12-10-13(2)15-8-9-16(18-17(15)11-12)14-6-4-3-5-7-14;1-11-6-5-9-14-16(11)13(17)10-15(18-14)12-7-3-2-4-8-12/h5-11H,1-4H3;4-11H,1-3H3;3-10H,1-2H3;3-11H,1-2H3;2-10H,1H3. The van der Waals surface area contributed by atoms with Crippen LogP contribution < -0.4 is 0 Å². The molecule has 0 saturated carbocycles. The molecule has 94 heavy (non-hydrogen) atoms. The van der Waals surface area contributed by atoms with Crippen molar-refractivity contribution in [1.29, 1.82) is 0 Å². The molecule has 0 N–H and O–H groups in total. The maximum absolute atomic E-state index is 14.3. The molecule has 0 aliphatic carbocycles. The maximum Gasteiger partial charge on any atom is 0.135 e. The molecule has 0 spiro atoms. The lowest BCUT2D eigenvalue weighted by atomic mass is 10.0. The highest BCUT2D eigenvalue weighted by atomic mass is 19.1. The van der Waals surface area contributed by atoms with Gasteiger partial charge in [-0.1, -0.05) is 186 Å². The van der Waals surface area contributed by atoms with Gasteiger partial charge >= 0.3 is 0 Å². The first-order valence-corrected chi connectivity index (χ1v) is 31.9. The lowest BCUT2D eigenvalue weighted by Crippen LogP contribution is -1.91. The third kappa shape index (κ3) is 15.4. The van der Waals surface area contributed by atoms with Crippen molar-refractivity contribution in [2.24, 2.45) is 0 Å². The van der Waals surface area contributed by atoms with E-state index in [1.54, 1.807) is 0 Å². The summed E-state index contributed by atoms with van der Waals surface area (Å²) in [5.74, 6) is -0.420. The first kappa shape index (κ1) is 64.6. The van der Waals surface area contributed by atoms with Crippen LogP contribution in [0.3, 0.4) is 0 Å². The topological polar surface area (TPSA) is 64.5 Å². The smallest absolute Gasteiger partial charge is 0.135 e. The maximum atomic E-state index is 14.3. The second-order valence-electron chi connectivity index (χ2n) is 24.8. The van der Waals surface area contributed by atoms with Crippen LogP contribution in [0.25, 0.3) is 111 Å². The van der Waals surface area contributed by atoms with E-state index < -0.39 is 0 Å². The molecule has 0 atom stereocenters. The van der Waals surface area contributed by atoms with E-state index in [0.717, 1.165) is 61.4 Å². The molecule has 0 radical (unpaired) electrons. The summed E-state index contributed by atoms with van der Waals surface area (Å²) in [4.78, 5) is 23.5. The number of pyridine rings is 5. The van der Waals surface area contributed by atoms with E-state index in [-0.39, 0.29) is 11.6 Å². The molecular weight excluding hydrogens is 1150 g/mol. The van der Waals surface area contributed by atoms with E-state index in [1.165, 1.54) is 95.1 Å². The summed E-state index contributed by atoms with van der Waals surface area (Å²) >= 11 is 0. The first-order chi connectivity index (χ1) is 45.3. The molecule has 0 saturated heterocycles. The first-order valence-electron chi connectivity index (χ1n) is 31.9. The highest BCUT2D eigenvalue weighted by Gasteiger charge is 2.13. The van der Waals surface area contributed by atoms with Gasteiger partial charge in [-0.15, -0.1) is 0 Å². The van der Waals surface area contributed by atoms with Crippen molar-refractivity contribution in [3.05, 3.63) is 327 Å². The number of aryl methyl sites for hydroxylation is 12. The van der Waals surface area contributed by atoms with E-state index in [2.05, 4.69) is 200 Å². The number of hydrogen-bond donors (Lipinski definition) is 0. The van der Waals surface area contributed by atoms with Crippen LogP contribution in [-0.4, -0.2) is 24.9 Å². The Hall–Kier alpha value is -10.9. The molecule has 464 valence electrons. The van der Waals surface area contributed by atoms with Crippen molar-refractivity contribution in [3.8, 4) is 56.3 Å². The predicted molar refractivity (Wildman–Crippen MR) is 393 cm³/mol. The van der Waals surface area contributed by atoms with Crippen LogP contribution in [0, 0.1) is 94.7 Å². The molecular formula is C87H77F2N5. The molecule has 5 heterocycles. The Morgan fingerprint density at radius 1 is 0.202 bits per heavy atom. The Morgan fingerprint density at radius 2 is 0.511 bits per heavy atom. The fourth-order valence-electron chi connectivity index (χ4n) is 12.3. The molecule has 5 nitrogen and oxygen atoms in total. The summed E-state index contributed by atoms with van der Waals surface area (Å²) in [7, 11) is 0. The Morgan fingerprint density at radius 3 is 0.915 bits per heavy atom. The van der Waals surface area contributed by atoms with E-state index in [4.69, 9.17) is 15.0 Å². The molecule has 7 heteroatoms. The van der Waals surface area contributed by atoms with Crippen molar-refractivity contribution >= 4 is 54.5 Å². The minimum absolute atomic E-state index is 0.209. The molecule has 10 aromatic carbocycles. The minimum atomic E-state index is -0.211. The van der Waals surface area contributed by atoms with Gasteiger partial charge in [0, 0.05) is 66.9 Å². The van der Waals surface area contributed by atoms with Gasteiger partial charge in [-0.2, -0.15) is 0 Å². The Kier molecular flexibility index (Phi) is 19.8. The van der Waals surface area contributed by atoms with Crippen LogP contribution in [0.4, 0.5) is 8.78 Å². The van der Waals surface area contributed by atoms with Crippen LogP contribution in [0.5, 0.6) is 0 Å². The van der Waals surface area contributed by atoms with Crippen LogP contribution in [0.2, 0.25) is 0 Å². The van der Waals surface area contributed by atoms with Crippen molar-refractivity contribution in [1.82, 2.24) is 24.9 Å². The summed E-state index contributed by atoms with van der Waals surface area (Å²) in [6, 6.07) is 83.2. The van der Waals surface area contributed by atoms with E-state index in [0.29, 0.717) is 33.2 Å². The molecule has 0 unspecified atom stereocenters. The van der Waals surface area contributed by atoms with E-state index >= 15 is 0 Å². The third-order valence-corrected chi connectivity index (χ3v) is 16.7. The molecule has 0 fully saturated rings. The average molecular weight is 1230 g/mol. The van der Waals surface area contributed by atoms with Gasteiger partial charge < -0.3 is 0 Å². The van der Waals surface area contributed by atoms with Gasteiger partial charge in [-0.05, 0) is 200 Å². The summed E-state index contributed by atoms with van der Waals surface area (Å²) in [6.45, 7) is 25.0.